The molecule has 1 saturated carbocycles. The van der Waals surface area contributed by atoms with E-state index in [1.807, 2.05) is 12.1 Å². The van der Waals surface area contributed by atoms with Gasteiger partial charge in [0.2, 0.25) is 0 Å². The molecule has 1 saturated heterocycles. The van der Waals surface area contributed by atoms with E-state index in [2.05, 4.69) is 4.90 Å². The predicted molar refractivity (Wildman–Crippen MR) is 70.9 cm³/mol. The number of piperidine rings is 1. The van der Waals surface area contributed by atoms with Gasteiger partial charge in [-0.2, -0.15) is 0 Å². The number of hydrogen-bond donors (Lipinski definition) is 2. The second-order valence-electron chi connectivity index (χ2n) is 5.07. The Hall–Kier alpha value is -1.22. The molecule has 1 aliphatic carbocycles. The number of rotatable bonds is 2. The molecule has 2 atom stereocenters. The van der Waals surface area contributed by atoms with Crippen LogP contribution in [-0.4, -0.2) is 18.4 Å². The highest BCUT2D eigenvalue weighted by Gasteiger charge is 2.38. The van der Waals surface area contributed by atoms with Gasteiger partial charge in [0.25, 0.3) is 0 Å². The van der Waals surface area contributed by atoms with E-state index >= 15 is 0 Å². The normalized spacial score (nSPS) is 26.5. The molecule has 2 bridgehead atoms. The summed E-state index contributed by atoms with van der Waals surface area (Å²) in [7, 11) is 0. The summed E-state index contributed by atoms with van der Waals surface area (Å²) in [5.41, 5.74) is 7.26. The van der Waals surface area contributed by atoms with E-state index in [9.17, 15) is 0 Å². The summed E-state index contributed by atoms with van der Waals surface area (Å²) in [5, 5.41) is 8.11. The first-order valence-corrected chi connectivity index (χ1v) is 6.43. The summed E-state index contributed by atoms with van der Waals surface area (Å²) < 4.78 is 0. The van der Waals surface area contributed by atoms with Gasteiger partial charge < -0.3 is 10.6 Å². The molecule has 2 aliphatic rings. The molecular formula is C13H16ClN3. The summed E-state index contributed by atoms with van der Waals surface area (Å²) in [6, 6.07) is 6.35. The van der Waals surface area contributed by atoms with Crippen molar-refractivity contribution in [1.29, 1.82) is 5.41 Å². The predicted octanol–water partition coefficient (Wildman–Crippen LogP) is 2.61. The molecule has 1 aromatic carbocycles. The molecule has 17 heavy (non-hydrogen) atoms. The molecule has 1 aliphatic heterocycles. The minimum atomic E-state index is 0.0707. The van der Waals surface area contributed by atoms with Crippen LogP contribution in [0.15, 0.2) is 18.2 Å². The molecule has 2 unspecified atom stereocenters. The van der Waals surface area contributed by atoms with Crippen molar-refractivity contribution in [3.05, 3.63) is 28.8 Å². The topological polar surface area (TPSA) is 53.1 Å². The molecule has 3 rings (SSSR count). The summed E-state index contributed by atoms with van der Waals surface area (Å²) in [6.45, 7) is 1.13. The van der Waals surface area contributed by atoms with Crippen LogP contribution in [0.3, 0.4) is 0 Å². The van der Waals surface area contributed by atoms with Crippen molar-refractivity contribution in [2.45, 2.75) is 25.3 Å². The van der Waals surface area contributed by atoms with Gasteiger partial charge in [0.05, 0.1) is 10.7 Å². The number of nitrogens with one attached hydrogen (secondary N) is 1. The first kappa shape index (κ1) is 10.9. The number of nitrogens with two attached hydrogens (primary N) is 1. The van der Waals surface area contributed by atoms with Crippen LogP contribution < -0.4 is 10.6 Å². The van der Waals surface area contributed by atoms with Crippen molar-refractivity contribution in [2.24, 2.45) is 11.7 Å². The Labute approximate surface area is 106 Å². The third-order valence-electron chi connectivity index (χ3n) is 3.98. The van der Waals surface area contributed by atoms with Gasteiger partial charge in [-0.25, -0.2) is 0 Å². The smallest absolute Gasteiger partial charge is 0.122 e. The Morgan fingerprint density at radius 2 is 2.24 bits per heavy atom. The molecule has 3 N–H and O–H groups in total. The number of nitrogen functional groups attached to an aromatic ring is 1. The van der Waals surface area contributed by atoms with Gasteiger partial charge in [0, 0.05) is 18.2 Å². The van der Waals surface area contributed by atoms with E-state index in [0.717, 1.165) is 18.2 Å². The van der Waals surface area contributed by atoms with Gasteiger partial charge in [-0.3, -0.25) is 5.41 Å². The minimum absolute atomic E-state index is 0.0707. The molecule has 1 heterocycles. The molecule has 0 radical (unpaired) electrons. The molecule has 90 valence electrons. The summed E-state index contributed by atoms with van der Waals surface area (Å²) >= 11 is 6.30. The summed E-state index contributed by atoms with van der Waals surface area (Å²) in [5.74, 6) is 0.921. The highest BCUT2D eigenvalue weighted by molar-refractivity contribution is 6.33. The Balaban J connectivity index is 1.91. The van der Waals surface area contributed by atoms with Crippen molar-refractivity contribution in [2.75, 3.05) is 11.4 Å². The second kappa shape index (κ2) is 3.91. The second-order valence-corrected chi connectivity index (χ2v) is 5.47. The zero-order valence-electron chi connectivity index (χ0n) is 9.62. The van der Waals surface area contributed by atoms with Gasteiger partial charge in [-0.05, 0) is 43.4 Å². The largest absolute Gasteiger partial charge is 0.384 e. The van der Waals surface area contributed by atoms with Gasteiger partial charge >= 0.3 is 0 Å². The third kappa shape index (κ3) is 1.78. The zero-order chi connectivity index (χ0) is 12.0. The van der Waals surface area contributed by atoms with Crippen LogP contribution in [0.1, 0.15) is 24.8 Å². The Bertz CT molecular complexity index is 472. The third-order valence-corrected chi connectivity index (χ3v) is 4.28. The SMILES string of the molecule is N=C(N)c1ccc(N2CC3CCC2C3)c(Cl)c1. The standard InChI is InChI=1S/C13H16ClN3/c14-11-6-9(13(15)16)2-4-12(11)17-7-8-1-3-10(17)5-8/h2,4,6,8,10H,1,3,5,7H2,(H3,15,16). The molecular weight excluding hydrogens is 234 g/mol. The van der Waals surface area contributed by atoms with E-state index in [1.54, 1.807) is 6.07 Å². The van der Waals surface area contributed by atoms with Crippen molar-refractivity contribution in [1.82, 2.24) is 0 Å². The highest BCUT2D eigenvalue weighted by Crippen LogP contribution is 2.42. The maximum atomic E-state index is 7.40. The Morgan fingerprint density at radius 1 is 1.41 bits per heavy atom. The van der Waals surface area contributed by atoms with Crippen molar-refractivity contribution >= 4 is 23.1 Å². The van der Waals surface area contributed by atoms with Crippen LogP contribution in [-0.2, 0) is 0 Å². The van der Waals surface area contributed by atoms with E-state index in [1.165, 1.54) is 19.3 Å². The van der Waals surface area contributed by atoms with Gasteiger partial charge in [0.1, 0.15) is 5.84 Å². The van der Waals surface area contributed by atoms with Crippen LogP contribution in [0, 0.1) is 11.3 Å². The van der Waals surface area contributed by atoms with E-state index < -0.39 is 0 Å². The van der Waals surface area contributed by atoms with Gasteiger partial charge in [0.15, 0.2) is 0 Å². The molecule has 1 aromatic rings. The molecule has 4 heteroatoms. The monoisotopic (exact) mass is 249 g/mol. The summed E-state index contributed by atoms with van der Waals surface area (Å²) in [4.78, 5) is 2.42. The van der Waals surface area contributed by atoms with Crippen LogP contribution in [0.4, 0.5) is 5.69 Å². The maximum Gasteiger partial charge on any atom is 0.122 e. The fourth-order valence-electron chi connectivity index (χ4n) is 3.13. The molecule has 0 spiro atoms. The number of fused-ring (bicyclic) bond motifs is 2. The first-order valence-electron chi connectivity index (χ1n) is 6.05. The number of halogens is 1. The van der Waals surface area contributed by atoms with Crippen LogP contribution >= 0.6 is 11.6 Å². The van der Waals surface area contributed by atoms with Gasteiger partial charge in [-0.15, -0.1) is 0 Å². The number of nitrogens with zero attached hydrogens (tertiary/aromatic N) is 1. The Morgan fingerprint density at radius 3 is 2.76 bits per heavy atom. The average molecular weight is 250 g/mol. The quantitative estimate of drug-likeness (QED) is 0.625. The number of anilines is 1. The zero-order valence-corrected chi connectivity index (χ0v) is 10.4. The van der Waals surface area contributed by atoms with Crippen LogP contribution in [0.25, 0.3) is 0 Å². The lowest BCUT2D eigenvalue weighted by Crippen LogP contribution is -2.32. The fraction of sp³-hybridized carbons (Fsp3) is 0.462. The van der Waals surface area contributed by atoms with Gasteiger partial charge in [-0.1, -0.05) is 11.6 Å². The average Bonchev–Trinajstić information content (AvgIpc) is 2.90. The molecule has 2 fully saturated rings. The first-order chi connectivity index (χ1) is 8.15. The minimum Gasteiger partial charge on any atom is -0.384 e. The van der Waals surface area contributed by atoms with E-state index in [4.69, 9.17) is 22.7 Å². The lowest BCUT2D eigenvalue weighted by atomic mass is 10.1. The summed E-state index contributed by atoms with van der Waals surface area (Å²) in [6.07, 6.45) is 3.96. The lowest BCUT2D eigenvalue weighted by Gasteiger charge is -2.30. The van der Waals surface area contributed by atoms with Crippen molar-refractivity contribution in [3.8, 4) is 0 Å². The molecule has 0 aromatic heterocycles. The van der Waals surface area contributed by atoms with E-state index in [-0.39, 0.29) is 5.84 Å². The Kier molecular flexibility index (Phi) is 2.51. The molecule has 3 nitrogen and oxygen atoms in total. The van der Waals surface area contributed by atoms with Crippen LogP contribution in [0.2, 0.25) is 5.02 Å². The van der Waals surface area contributed by atoms with Crippen molar-refractivity contribution in [3.63, 3.8) is 0 Å². The van der Waals surface area contributed by atoms with Crippen molar-refractivity contribution < 1.29 is 0 Å². The number of benzene rings is 1. The maximum absolute atomic E-state index is 7.40. The number of hydrogen-bond acceptors (Lipinski definition) is 2. The lowest BCUT2D eigenvalue weighted by molar-refractivity contribution is 0.553. The molecule has 0 amide bonds. The van der Waals surface area contributed by atoms with E-state index in [0.29, 0.717) is 16.6 Å². The van der Waals surface area contributed by atoms with Crippen LogP contribution in [0.5, 0.6) is 0 Å². The highest BCUT2D eigenvalue weighted by atomic mass is 35.5. The number of amidine groups is 1. The fourth-order valence-corrected chi connectivity index (χ4v) is 3.42.